The van der Waals surface area contributed by atoms with Crippen molar-refractivity contribution >= 4 is 5.97 Å². The zero-order valence-electron chi connectivity index (χ0n) is 6.00. The van der Waals surface area contributed by atoms with Gasteiger partial charge in [-0.15, -0.1) is 5.75 Å². The summed E-state index contributed by atoms with van der Waals surface area (Å²) in [4.78, 5) is 10.4. The Morgan fingerprint density at radius 3 is 2.64 bits per heavy atom. The van der Waals surface area contributed by atoms with E-state index < -0.39 is 5.97 Å². The minimum Gasteiger partial charge on any atom is -0.872 e. The standard InChI is InChI=1S/C8H8O3/c1-5-2-3-6(9)4-7(5)8(10)11/h2-4,9H,1H3,(H,10,11)/p-1. The zero-order chi connectivity index (χ0) is 8.43. The van der Waals surface area contributed by atoms with Gasteiger partial charge in [-0.3, -0.25) is 0 Å². The first-order chi connectivity index (χ1) is 5.11. The predicted octanol–water partition coefficient (Wildman–Crippen LogP) is 0.767. The van der Waals surface area contributed by atoms with Crippen LogP contribution in [0.25, 0.3) is 0 Å². The minimum atomic E-state index is -1.06. The fraction of sp³-hybridized carbons (Fsp3) is 0.125. The summed E-state index contributed by atoms with van der Waals surface area (Å²) in [5, 5.41) is 19.2. The van der Waals surface area contributed by atoms with Crippen LogP contribution in [0.4, 0.5) is 0 Å². The van der Waals surface area contributed by atoms with Crippen molar-refractivity contribution < 1.29 is 15.0 Å². The third-order valence-corrected chi connectivity index (χ3v) is 1.44. The van der Waals surface area contributed by atoms with Gasteiger partial charge >= 0.3 is 5.97 Å². The summed E-state index contributed by atoms with van der Waals surface area (Å²) in [6.07, 6.45) is 0. The third kappa shape index (κ3) is 1.49. The van der Waals surface area contributed by atoms with Crippen LogP contribution in [-0.4, -0.2) is 11.1 Å². The molecule has 0 bridgehead atoms. The average Bonchev–Trinajstić information content (AvgIpc) is 1.94. The van der Waals surface area contributed by atoms with Crippen molar-refractivity contribution in [3.8, 4) is 5.75 Å². The van der Waals surface area contributed by atoms with Crippen LogP contribution in [-0.2, 0) is 0 Å². The molecule has 0 radical (unpaired) electrons. The highest BCUT2D eigenvalue weighted by Gasteiger charge is 2.03. The van der Waals surface area contributed by atoms with Crippen LogP contribution in [0, 0.1) is 6.92 Å². The van der Waals surface area contributed by atoms with E-state index in [9.17, 15) is 9.90 Å². The maximum Gasteiger partial charge on any atom is 0.335 e. The van der Waals surface area contributed by atoms with E-state index in [1.165, 1.54) is 12.1 Å². The largest absolute Gasteiger partial charge is 0.872 e. The van der Waals surface area contributed by atoms with Crippen LogP contribution in [0.15, 0.2) is 18.2 Å². The molecule has 0 saturated heterocycles. The molecular weight excluding hydrogens is 144 g/mol. The van der Waals surface area contributed by atoms with Crippen LogP contribution in [0.2, 0.25) is 0 Å². The molecule has 0 fully saturated rings. The second kappa shape index (κ2) is 2.62. The van der Waals surface area contributed by atoms with Gasteiger partial charge < -0.3 is 10.2 Å². The zero-order valence-corrected chi connectivity index (χ0v) is 6.00. The van der Waals surface area contributed by atoms with Crippen LogP contribution in [0.1, 0.15) is 15.9 Å². The molecule has 0 spiro atoms. The lowest BCUT2D eigenvalue weighted by molar-refractivity contribution is -0.268. The molecule has 11 heavy (non-hydrogen) atoms. The van der Waals surface area contributed by atoms with Crippen LogP contribution < -0.4 is 5.11 Å². The summed E-state index contributed by atoms with van der Waals surface area (Å²) in [5.41, 5.74) is 0.689. The summed E-state index contributed by atoms with van der Waals surface area (Å²) in [7, 11) is 0. The Bertz CT molecular complexity index is 291. The van der Waals surface area contributed by atoms with Crippen molar-refractivity contribution in [1.29, 1.82) is 0 Å². The summed E-state index contributed by atoms with van der Waals surface area (Å²) in [6, 6.07) is 3.98. The Morgan fingerprint density at radius 1 is 1.55 bits per heavy atom. The number of hydrogen-bond donors (Lipinski definition) is 1. The van der Waals surface area contributed by atoms with E-state index in [4.69, 9.17) is 5.11 Å². The summed E-state index contributed by atoms with van der Waals surface area (Å²) >= 11 is 0. The first-order valence-electron chi connectivity index (χ1n) is 3.12. The molecule has 1 rings (SSSR count). The van der Waals surface area contributed by atoms with Gasteiger partial charge in [0.05, 0.1) is 5.56 Å². The van der Waals surface area contributed by atoms with Gasteiger partial charge in [0.2, 0.25) is 0 Å². The number of rotatable bonds is 1. The SMILES string of the molecule is Cc1ccc([O-])cc1C(=O)O. The Hall–Kier alpha value is -1.51. The molecule has 0 aromatic heterocycles. The molecule has 0 aliphatic heterocycles. The van der Waals surface area contributed by atoms with Crippen molar-refractivity contribution in [2.24, 2.45) is 0 Å². The third-order valence-electron chi connectivity index (χ3n) is 1.44. The molecule has 0 aliphatic carbocycles. The van der Waals surface area contributed by atoms with Gasteiger partial charge in [-0.05, 0) is 12.5 Å². The number of carbonyl (C=O) groups is 1. The number of carboxylic acids is 1. The Balaban J connectivity index is 3.23. The quantitative estimate of drug-likeness (QED) is 0.644. The Labute approximate surface area is 63.9 Å². The normalized spacial score (nSPS) is 9.55. The van der Waals surface area contributed by atoms with Crippen LogP contribution in [0.5, 0.6) is 5.75 Å². The monoisotopic (exact) mass is 151 g/mol. The molecule has 0 atom stereocenters. The topological polar surface area (TPSA) is 60.4 Å². The second-order valence-electron chi connectivity index (χ2n) is 2.28. The van der Waals surface area contributed by atoms with Crippen molar-refractivity contribution in [3.63, 3.8) is 0 Å². The molecule has 0 aliphatic rings. The van der Waals surface area contributed by atoms with E-state index in [0.717, 1.165) is 6.07 Å². The maximum absolute atomic E-state index is 10.7. The summed E-state index contributed by atoms with van der Waals surface area (Å²) in [5.74, 6) is -1.33. The lowest BCUT2D eigenvalue weighted by Crippen LogP contribution is -2.01. The molecule has 0 heterocycles. The summed E-state index contributed by atoms with van der Waals surface area (Å²) in [6.45, 7) is 1.66. The number of aryl methyl sites for hydroxylation is 1. The highest BCUT2D eigenvalue weighted by atomic mass is 16.4. The van der Waals surface area contributed by atoms with E-state index >= 15 is 0 Å². The molecule has 0 unspecified atom stereocenters. The molecule has 1 N–H and O–H groups in total. The fourth-order valence-electron chi connectivity index (χ4n) is 0.832. The molecule has 1 aromatic rings. The molecule has 3 nitrogen and oxygen atoms in total. The maximum atomic E-state index is 10.7. The van der Waals surface area contributed by atoms with Crippen molar-refractivity contribution in [2.45, 2.75) is 6.92 Å². The van der Waals surface area contributed by atoms with E-state index in [-0.39, 0.29) is 11.3 Å². The smallest absolute Gasteiger partial charge is 0.335 e. The van der Waals surface area contributed by atoms with E-state index in [1.807, 2.05) is 0 Å². The van der Waals surface area contributed by atoms with Crippen LogP contribution >= 0.6 is 0 Å². The lowest BCUT2D eigenvalue weighted by atomic mass is 10.1. The van der Waals surface area contributed by atoms with Gasteiger partial charge in [0.25, 0.3) is 0 Å². The first-order valence-corrected chi connectivity index (χ1v) is 3.12. The molecule has 58 valence electrons. The molecule has 3 heteroatoms. The lowest BCUT2D eigenvalue weighted by Gasteiger charge is -2.07. The highest BCUT2D eigenvalue weighted by molar-refractivity contribution is 5.89. The number of benzene rings is 1. The van der Waals surface area contributed by atoms with Gasteiger partial charge in [-0.2, -0.15) is 0 Å². The highest BCUT2D eigenvalue weighted by Crippen LogP contribution is 2.12. The average molecular weight is 151 g/mol. The second-order valence-corrected chi connectivity index (χ2v) is 2.28. The van der Waals surface area contributed by atoms with Crippen molar-refractivity contribution in [1.82, 2.24) is 0 Å². The van der Waals surface area contributed by atoms with E-state index in [2.05, 4.69) is 0 Å². The van der Waals surface area contributed by atoms with Gasteiger partial charge in [0.15, 0.2) is 0 Å². The van der Waals surface area contributed by atoms with Gasteiger partial charge in [0, 0.05) is 0 Å². The van der Waals surface area contributed by atoms with E-state index in [0.29, 0.717) is 5.56 Å². The fourth-order valence-corrected chi connectivity index (χ4v) is 0.832. The van der Waals surface area contributed by atoms with Crippen molar-refractivity contribution in [3.05, 3.63) is 29.3 Å². The molecular formula is C8H7O3-. The molecule has 0 amide bonds. The van der Waals surface area contributed by atoms with Crippen LogP contribution in [0.3, 0.4) is 0 Å². The molecule has 0 saturated carbocycles. The number of hydrogen-bond acceptors (Lipinski definition) is 2. The summed E-state index contributed by atoms with van der Waals surface area (Å²) < 4.78 is 0. The van der Waals surface area contributed by atoms with Gasteiger partial charge in [-0.25, -0.2) is 4.79 Å². The van der Waals surface area contributed by atoms with Gasteiger partial charge in [0.1, 0.15) is 0 Å². The Morgan fingerprint density at radius 2 is 2.18 bits per heavy atom. The number of carboxylic acid groups (broad SMARTS) is 1. The molecule has 1 aromatic carbocycles. The Kier molecular flexibility index (Phi) is 1.81. The number of aromatic carboxylic acids is 1. The minimum absolute atomic E-state index is 0.0810. The van der Waals surface area contributed by atoms with Crippen molar-refractivity contribution in [2.75, 3.05) is 0 Å². The van der Waals surface area contributed by atoms with E-state index in [1.54, 1.807) is 6.92 Å². The van der Waals surface area contributed by atoms with Gasteiger partial charge in [-0.1, -0.05) is 18.2 Å². The predicted molar refractivity (Wildman–Crippen MR) is 37.6 cm³/mol. The first kappa shape index (κ1) is 7.60.